The smallest absolute Gasteiger partial charge is 0.319 e. The molecule has 0 spiro atoms. The summed E-state index contributed by atoms with van der Waals surface area (Å²) in [5, 5.41) is 8.29. The van der Waals surface area contributed by atoms with Crippen molar-refractivity contribution in [3.63, 3.8) is 0 Å². The second-order valence-electron chi connectivity index (χ2n) is 4.42. The molecule has 5 N–H and O–H groups in total. The summed E-state index contributed by atoms with van der Waals surface area (Å²) in [6, 6.07) is -0.746. The van der Waals surface area contributed by atoms with Crippen LogP contribution in [0.1, 0.15) is 29.2 Å². The van der Waals surface area contributed by atoms with Gasteiger partial charge >= 0.3 is 6.03 Å². The number of hydrogen-bond donors (Lipinski definition) is 4. The molecule has 1 aliphatic heterocycles. The minimum Gasteiger partial charge on any atom is -0.424 e. The molecule has 0 aromatic carbocycles. The fourth-order valence-electron chi connectivity index (χ4n) is 2.01. The van der Waals surface area contributed by atoms with Crippen LogP contribution < -0.4 is 21.7 Å². The zero-order valence-electron chi connectivity index (χ0n) is 10.7. The fraction of sp³-hybridized carbons (Fsp3) is 0.545. The highest BCUT2D eigenvalue weighted by Gasteiger charge is 2.23. The predicted molar refractivity (Wildman–Crippen MR) is 67.8 cm³/mol. The Morgan fingerprint density at radius 1 is 1.53 bits per heavy atom. The summed E-state index contributed by atoms with van der Waals surface area (Å²) in [4.78, 5) is 26.9. The summed E-state index contributed by atoms with van der Waals surface area (Å²) in [6.45, 7) is 3.27. The average molecular weight is 267 g/mol. The molecule has 1 fully saturated rings. The van der Waals surface area contributed by atoms with Crippen LogP contribution in [0.3, 0.4) is 0 Å². The Bertz CT molecular complexity index is 479. The third-order valence-corrected chi connectivity index (χ3v) is 2.82. The number of carbonyl (C=O) groups is 2. The Balaban J connectivity index is 2.07. The van der Waals surface area contributed by atoms with Crippen molar-refractivity contribution in [1.82, 2.24) is 15.6 Å². The minimum atomic E-state index is -0.801. The largest absolute Gasteiger partial charge is 0.424 e. The number of piperidine rings is 1. The monoisotopic (exact) mass is 267 g/mol. The van der Waals surface area contributed by atoms with E-state index in [0.717, 1.165) is 25.9 Å². The summed E-state index contributed by atoms with van der Waals surface area (Å²) in [5.41, 5.74) is 5.05. The zero-order chi connectivity index (χ0) is 13.8. The molecule has 0 radical (unpaired) electrons. The number of anilines is 1. The summed E-state index contributed by atoms with van der Waals surface area (Å²) in [5.74, 6) is -0.115. The van der Waals surface area contributed by atoms with Crippen LogP contribution in [0.5, 0.6) is 0 Å². The molecule has 1 aliphatic rings. The molecular weight excluding hydrogens is 250 g/mol. The van der Waals surface area contributed by atoms with E-state index in [1.807, 2.05) is 0 Å². The number of oxazole rings is 1. The Hall–Kier alpha value is -2.09. The van der Waals surface area contributed by atoms with E-state index in [4.69, 9.17) is 10.2 Å². The SMILES string of the molecule is Cc1nc(C(=O)N[C@H]2CCCNC2)c(NC(N)=O)o1. The van der Waals surface area contributed by atoms with Gasteiger partial charge in [0.2, 0.25) is 5.88 Å². The number of nitrogens with two attached hydrogens (primary N) is 1. The number of primary amides is 1. The summed E-state index contributed by atoms with van der Waals surface area (Å²) >= 11 is 0. The Morgan fingerprint density at radius 2 is 2.32 bits per heavy atom. The molecule has 8 nitrogen and oxygen atoms in total. The first-order chi connectivity index (χ1) is 9.06. The molecule has 1 aromatic heterocycles. The van der Waals surface area contributed by atoms with Crippen LogP contribution in [0.2, 0.25) is 0 Å². The molecule has 3 amide bonds. The molecule has 2 heterocycles. The third kappa shape index (κ3) is 3.44. The molecule has 8 heteroatoms. The van der Waals surface area contributed by atoms with Crippen LogP contribution in [0.25, 0.3) is 0 Å². The lowest BCUT2D eigenvalue weighted by Crippen LogP contribution is -2.45. The van der Waals surface area contributed by atoms with Crippen molar-refractivity contribution in [3.8, 4) is 0 Å². The molecule has 0 aliphatic carbocycles. The van der Waals surface area contributed by atoms with E-state index in [0.29, 0.717) is 0 Å². The standard InChI is InChI=1S/C11H17N5O3/c1-6-14-8(10(19-6)16-11(12)18)9(17)15-7-3-2-4-13-5-7/h7,13H,2-5H2,1H3,(H,15,17)(H3,12,16,18)/t7-/m0/s1. The van der Waals surface area contributed by atoms with Gasteiger partial charge in [-0.15, -0.1) is 0 Å². The van der Waals surface area contributed by atoms with Crippen molar-refractivity contribution < 1.29 is 14.0 Å². The van der Waals surface area contributed by atoms with Crippen LogP contribution in [-0.2, 0) is 0 Å². The fourth-order valence-corrected chi connectivity index (χ4v) is 2.01. The van der Waals surface area contributed by atoms with Gasteiger partial charge in [-0.1, -0.05) is 0 Å². The topological polar surface area (TPSA) is 122 Å². The average Bonchev–Trinajstić information content (AvgIpc) is 2.70. The maximum atomic E-state index is 12.1. The normalized spacial score (nSPS) is 18.9. The number of nitrogens with one attached hydrogen (secondary N) is 3. The van der Waals surface area contributed by atoms with E-state index in [2.05, 4.69) is 20.9 Å². The van der Waals surface area contributed by atoms with Crippen molar-refractivity contribution in [1.29, 1.82) is 0 Å². The van der Waals surface area contributed by atoms with Crippen LogP contribution in [0.15, 0.2) is 4.42 Å². The zero-order valence-corrected chi connectivity index (χ0v) is 10.7. The quantitative estimate of drug-likeness (QED) is 0.612. The first kappa shape index (κ1) is 13.3. The molecule has 2 rings (SSSR count). The van der Waals surface area contributed by atoms with Gasteiger partial charge in [0.25, 0.3) is 5.91 Å². The highest BCUT2D eigenvalue weighted by atomic mass is 16.4. The van der Waals surface area contributed by atoms with Crippen LogP contribution in [0.4, 0.5) is 10.7 Å². The molecular formula is C11H17N5O3. The molecule has 0 bridgehead atoms. The number of urea groups is 1. The van der Waals surface area contributed by atoms with Crippen molar-refractivity contribution in [2.24, 2.45) is 5.73 Å². The van der Waals surface area contributed by atoms with Crippen molar-refractivity contribution in [2.75, 3.05) is 18.4 Å². The number of aromatic nitrogens is 1. The van der Waals surface area contributed by atoms with E-state index >= 15 is 0 Å². The van der Waals surface area contributed by atoms with Crippen LogP contribution in [0, 0.1) is 6.92 Å². The van der Waals surface area contributed by atoms with Gasteiger partial charge in [0.05, 0.1) is 0 Å². The number of nitrogens with zero attached hydrogens (tertiary/aromatic N) is 1. The third-order valence-electron chi connectivity index (χ3n) is 2.82. The van der Waals surface area contributed by atoms with Gasteiger partial charge in [0.1, 0.15) is 0 Å². The first-order valence-corrected chi connectivity index (χ1v) is 6.11. The van der Waals surface area contributed by atoms with Gasteiger partial charge in [0, 0.05) is 19.5 Å². The summed E-state index contributed by atoms with van der Waals surface area (Å²) < 4.78 is 5.14. The summed E-state index contributed by atoms with van der Waals surface area (Å²) in [6.07, 6.45) is 1.92. The highest BCUT2D eigenvalue weighted by Crippen LogP contribution is 2.17. The lowest BCUT2D eigenvalue weighted by atomic mass is 10.1. The van der Waals surface area contributed by atoms with E-state index in [9.17, 15) is 9.59 Å². The Kier molecular flexibility index (Phi) is 4.00. The van der Waals surface area contributed by atoms with Gasteiger partial charge in [0.15, 0.2) is 11.6 Å². The van der Waals surface area contributed by atoms with E-state index < -0.39 is 6.03 Å². The lowest BCUT2D eigenvalue weighted by Gasteiger charge is -2.23. The highest BCUT2D eigenvalue weighted by molar-refractivity contribution is 6.00. The van der Waals surface area contributed by atoms with E-state index in [-0.39, 0.29) is 29.4 Å². The minimum absolute atomic E-state index is 0.0220. The number of hydrogen-bond acceptors (Lipinski definition) is 5. The van der Waals surface area contributed by atoms with Gasteiger partial charge < -0.3 is 20.8 Å². The maximum Gasteiger partial charge on any atom is 0.319 e. The number of carbonyl (C=O) groups excluding carboxylic acids is 2. The van der Waals surface area contributed by atoms with Crippen LogP contribution in [-0.4, -0.2) is 36.1 Å². The molecule has 1 aromatic rings. The van der Waals surface area contributed by atoms with Crippen molar-refractivity contribution in [3.05, 3.63) is 11.6 Å². The van der Waals surface area contributed by atoms with Gasteiger partial charge in [-0.05, 0) is 19.4 Å². The van der Waals surface area contributed by atoms with Crippen molar-refractivity contribution >= 4 is 17.8 Å². The predicted octanol–water partition coefficient (Wildman–Crippen LogP) is -0.0446. The van der Waals surface area contributed by atoms with Gasteiger partial charge in [-0.3, -0.25) is 10.1 Å². The number of aryl methyl sites for hydroxylation is 1. The second kappa shape index (κ2) is 5.70. The Morgan fingerprint density at radius 3 is 2.95 bits per heavy atom. The molecule has 1 saturated heterocycles. The van der Waals surface area contributed by atoms with Crippen LogP contribution >= 0.6 is 0 Å². The lowest BCUT2D eigenvalue weighted by molar-refractivity contribution is 0.0926. The first-order valence-electron chi connectivity index (χ1n) is 6.11. The van der Waals surface area contributed by atoms with E-state index in [1.165, 1.54) is 0 Å². The second-order valence-corrected chi connectivity index (χ2v) is 4.42. The summed E-state index contributed by atoms with van der Waals surface area (Å²) in [7, 11) is 0. The number of amides is 3. The number of rotatable bonds is 3. The molecule has 0 saturated carbocycles. The van der Waals surface area contributed by atoms with E-state index in [1.54, 1.807) is 6.92 Å². The molecule has 104 valence electrons. The molecule has 19 heavy (non-hydrogen) atoms. The van der Waals surface area contributed by atoms with Gasteiger partial charge in [-0.2, -0.15) is 0 Å². The van der Waals surface area contributed by atoms with Crippen molar-refractivity contribution in [2.45, 2.75) is 25.8 Å². The maximum absolute atomic E-state index is 12.1. The molecule has 1 atom stereocenters. The Labute approximate surface area is 110 Å². The molecule has 0 unspecified atom stereocenters. The van der Waals surface area contributed by atoms with Gasteiger partial charge in [-0.25, -0.2) is 9.78 Å².